The van der Waals surface area contributed by atoms with Gasteiger partial charge in [0.2, 0.25) is 11.8 Å². The molecule has 208 valence electrons. The summed E-state index contributed by atoms with van der Waals surface area (Å²) in [4.78, 5) is 30.3. The molecule has 2 amide bonds. The molecule has 1 aliphatic heterocycles. The normalized spacial score (nSPS) is 23.2. The number of anilines is 1. The van der Waals surface area contributed by atoms with Gasteiger partial charge in [-0.1, -0.05) is 38.5 Å². The Bertz CT molecular complexity index is 1250. The lowest BCUT2D eigenvalue weighted by molar-refractivity contribution is -0.125. The van der Waals surface area contributed by atoms with Crippen LogP contribution in [0.4, 0.5) is 10.1 Å². The van der Waals surface area contributed by atoms with Gasteiger partial charge in [0.25, 0.3) is 0 Å². The molecule has 3 aliphatic rings. The van der Waals surface area contributed by atoms with E-state index in [2.05, 4.69) is 48.3 Å². The summed E-state index contributed by atoms with van der Waals surface area (Å²) in [5.74, 6) is 0.719. The van der Waals surface area contributed by atoms with Crippen LogP contribution in [0.15, 0.2) is 69.9 Å². The average molecular weight is 551 g/mol. The first-order valence-corrected chi connectivity index (χ1v) is 14.8. The maximum atomic E-state index is 14.6. The quantitative estimate of drug-likeness (QED) is 0.338. The predicted molar refractivity (Wildman–Crippen MR) is 158 cm³/mol. The van der Waals surface area contributed by atoms with Crippen LogP contribution in [0.5, 0.6) is 0 Å². The summed E-state index contributed by atoms with van der Waals surface area (Å²) in [6, 6.07) is 3.22. The molecule has 1 heterocycles. The number of hydrogen-bond donors (Lipinski definition) is 3. The Labute approximate surface area is 235 Å². The Hall–Kier alpha value is -2.97. The summed E-state index contributed by atoms with van der Waals surface area (Å²) in [6.07, 6.45) is 12.3. The molecule has 1 aromatic carbocycles. The van der Waals surface area contributed by atoms with E-state index >= 15 is 0 Å². The molecule has 0 aromatic heterocycles. The molecule has 0 spiro atoms. The molecular weight excluding hydrogens is 511 g/mol. The van der Waals surface area contributed by atoms with Crippen molar-refractivity contribution < 1.29 is 14.0 Å². The van der Waals surface area contributed by atoms with Crippen molar-refractivity contribution in [3.63, 3.8) is 0 Å². The van der Waals surface area contributed by atoms with Crippen molar-refractivity contribution in [1.29, 1.82) is 0 Å². The fraction of sp³-hybridized carbons (Fsp3) is 0.452. The largest absolute Gasteiger partial charge is 0.325 e. The predicted octanol–water partition coefficient (Wildman–Crippen LogP) is 6.28. The number of carbonyl (C=O) groups excluding carboxylic acids is 2. The maximum Gasteiger partial charge on any atom is 0.234 e. The van der Waals surface area contributed by atoms with Gasteiger partial charge < -0.3 is 16.0 Å². The highest BCUT2D eigenvalue weighted by atomic mass is 32.2. The number of nitrogens with zero attached hydrogens (tertiary/aromatic N) is 1. The fourth-order valence-electron chi connectivity index (χ4n) is 5.08. The van der Waals surface area contributed by atoms with Crippen LogP contribution in [0.25, 0.3) is 0 Å². The van der Waals surface area contributed by atoms with Crippen LogP contribution in [0, 0.1) is 23.6 Å². The number of allylic oxidation sites excluding steroid dienone is 5. The van der Waals surface area contributed by atoms with Gasteiger partial charge in [0.1, 0.15) is 5.82 Å². The lowest BCUT2D eigenvalue weighted by Crippen LogP contribution is -2.36. The van der Waals surface area contributed by atoms with Crippen LogP contribution in [0.1, 0.15) is 58.4 Å². The molecular formula is C31H39FN4O2S. The van der Waals surface area contributed by atoms with Gasteiger partial charge in [-0.3, -0.25) is 14.6 Å². The van der Waals surface area contributed by atoms with Gasteiger partial charge in [-0.15, -0.1) is 11.8 Å². The molecule has 3 unspecified atom stereocenters. The summed E-state index contributed by atoms with van der Waals surface area (Å²) >= 11 is 1.35. The van der Waals surface area contributed by atoms with Crippen molar-refractivity contribution in [1.82, 2.24) is 10.6 Å². The van der Waals surface area contributed by atoms with Crippen molar-refractivity contribution in [3.8, 4) is 0 Å². The number of carbonyl (C=O) groups is 2. The fourth-order valence-corrected chi connectivity index (χ4v) is 5.89. The number of benzene rings is 1. The molecule has 1 aromatic rings. The van der Waals surface area contributed by atoms with E-state index in [-0.39, 0.29) is 23.5 Å². The molecule has 1 saturated carbocycles. The van der Waals surface area contributed by atoms with Crippen LogP contribution >= 0.6 is 11.8 Å². The van der Waals surface area contributed by atoms with Gasteiger partial charge in [0.15, 0.2) is 0 Å². The first kappa shape index (κ1) is 29.0. The number of aliphatic imine (C=N–C) groups is 1. The number of hydrogen-bond acceptors (Lipinski definition) is 5. The molecule has 3 atom stereocenters. The van der Waals surface area contributed by atoms with Crippen LogP contribution in [-0.4, -0.2) is 29.8 Å². The van der Waals surface area contributed by atoms with Crippen LogP contribution in [0.3, 0.4) is 0 Å². The highest BCUT2D eigenvalue weighted by Gasteiger charge is 2.28. The minimum absolute atomic E-state index is 0.0158. The van der Waals surface area contributed by atoms with Gasteiger partial charge in [-0.2, -0.15) is 0 Å². The first-order chi connectivity index (χ1) is 18.7. The van der Waals surface area contributed by atoms with Gasteiger partial charge in [0, 0.05) is 40.4 Å². The van der Waals surface area contributed by atoms with Gasteiger partial charge >= 0.3 is 0 Å². The second kappa shape index (κ2) is 13.4. The zero-order chi connectivity index (χ0) is 27.9. The Kier molecular flexibility index (Phi) is 9.97. The van der Waals surface area contributed by atoms with E-state index < -0.39 is 0 Å². The van der Waals surface area contributed by atoms with E-state index in [1.165, 1.54) is 23.4 Å². The maximum absolute atomic E-state index is 14.6. The van der Waals surface area contributed by atoms with Gasteiger partial charge in [0.05, 0.1) is 17.2 Å². The SMILES string of the molecule is C=C1C(NC(=O)C2CCCC(CNCc3cc4c(cc3F)SCC(=O)N4)C2)=CC=CC1=N/C=C(\C)C(C)CC. The molecule has 3 N–H and O–H groups in total. The topological polar surface area (TPSA) is 82.6 Å². The molecule has 0 radical (unpaired) electrons. The van der Waals surface area contributed by atoms with E-state index in [9.17, 15) is 14.0 Å². The van der Waals surface area contributed by atoms with E-state index in [1.54, 1.807) is 6.07 Å². The molecule has 8 heteroatoms. The monoisotopic (exact) mass is 550 g/mol. The van der Waals surface area contributed by atoms with Crippen LogP contribution < -0.4 is 16.0 Å². The van der Waals surface area contributed by atoms with Crippen LogP contribution in [0.2, 0.25) is 0 Å². The third kappa shape index (κ3) is 7.57. The summed E-state index contributed by atoms with van der Waals surface area (Å²) in [5, 5.41) is 9.29. The average Bonchev–Trinajstić information content (AvgIpc) is 2.93. The number of amides is 2. The Morgan fingerprint density at radius 3 is 2.97 bits per heavy atom. The molecule has 0 saturated heterocycles. The van der Waals surface area contributed by atoms with E-state index in [0.29, 0.717) is 47.6 Å². The summed E-state index contributed by atoms with van der Waals surface area (Å²) in [6.45, 7) is 11.7. The number of nitrogens with one attached hydrogen (secondary N) is 3. The molecule has 1 fully saturated rings. The minimum Gasteiger partial charge on any atom is -0.325 e. The number of fused-ring (bicyclic) bond motifs is 1. The smallest absolute Gasteiger partial charge is 0.234 e. The van der Waals surface area contributed by atoms with Crippen molar-refractivity contribution >= 4 is 35.0 Å². The van der Waals surface area contributed by atoms with E-state index in [1.807, 2.05) is 24.4 Å². The van der Waals surface area contributed by atoms with Crippen molar-refractivity contribution in [3.05, 3.63) is 71.4 Å². The number of rotatable bonds is 9. The molecule has 0 bridgehead atoms. The Morgan fingerprint density at radius 1 is 1.36 bits per heavy atom. The summed E-state index contributed by atoms with van der Waals surface area (Å²) in [7, 11) is 0. The van der Waals surface area contributed by atoms with E-state index in [0.717, 1.165) is 48.3 Å². The Balaban J connectivity index is 1.29. The van der Waals surface area contributed by atoms with Crippen molar-refractivity contribution in [2.24, 2.45) is 22.7 Å². The summed E-state index contributed by atoms with van der Waals surface area (Å²) < 4.78 is 14.6. The standard InChI is InChI=1S/C31H39FN4O2S/c1-5-19(2)20(3)15-34-26-10-7-11-27(21(26)4)36-31(38)23-9-6-8-22(12-23)16-33-17-24-13-28-29(14-25(24)32)39-18-30(37)35-28/h7,10-11,13-15,19,22-23,33H,4-6,8-9,12,16-18H2,1-3H3,(H,35,37)(H,36,38)/b20-15+,34-26?. The number of halogens is 1. The molecule has 6 nitrogen and oxygen atoms in total. The second-order valence-electron chi connectivity index (χ2n) is 10.7. The zero-order valence-electron chi connectivity index (χ0n) is 23.1. The second-order valence-corrected chi connectivity index (χ2v) is 11.8. The van der Waals surface area contributed by atoms with Crippen molar-refractivity contribution in [2.45, 2.75) is 64.3 Å². The van der Waals surface area contributed by atoms with Crippen LogP contribution in [-0.2, 0) is 16.1 Å². The zero-order valence-corrected chi connectivity index (χ0v) is 23.9. The minimum atomic E-state index is -0.269. The lowest BCUT2D eigenvalue weighted by Gasteiger charge is -2.29. The Morgan fingerprint density at radius 2 is 2.18 bits per heavy atom. The molecule has 4 rings (SSSR count). The third-order valence-electron chi connectivity index (χ3n) is 7.89. The molecule has 2 aliphatic carbocycles. The van der Waals surface area contributed by atoms with Crippen molar-refractivity contribution in [2.75, 3.05) is 17.6 Å². The third-order valence-corrected chi connectivity index (χ3v) is 8.94. The van der Waals surface area contributed by atoms with E-state index in [4.69, 9.17) is 0 Å². The first-order valence-electron chi connectivity index (χ1n) is 13.8. The molecule has 39 heavy (non-hydrogen) atoms. The summed E-state index contributed by atoms with van der Waals surface area (Å²) in [5.41, 5.74) is 4.59. The van der Waals surface area contributed by atoms with Gasteiger partial charge in [-0.25, -0.2) is 4.39 Å². The lowest BCUT2D eigenvalue weighted by atomic mass is 9.80. The van der Waals surface area contributed by atoms with Gasteiger partial charge in [-0.05, 0) is 75.3 Å². The highest BCUT2D eigenvalue weighted by Crippen LogP contribution is 2.34. The number of thioether (sulfide) groups is 1. The highest BCUT2D eigenvalue weighted by molar-refractivity contribution is 8.00.